The molecule has 0 heterocycles. The van der Waals surface area contributed by atoms with E-state index in [0.717, 1.165) is 6.42 Å². The number of carboxylic acid groups (broad SMARTS) is 1. The first-order valence-electron chi connectivity index (χ1n) is 5.20. The molecule has 0 aromatic carbocycles. The molecule has 0 spiro atoms. The smallest absolute Gasteiger partial charge is 0.313 e. The predicted octanol–water partition coefficient (Wildman–Crippen LogP) is 1.96. The molecular weight excluding hydrogens is 180 g/mol. The summed E-state index contributed by atoms with van der Waals surface area (Å²) in [5.74, 6) is -0.755. The van der Waals surface area contributed by atoms with Gasteiger partial charge in [0.2, 0.25) is 0 Å². The van der Waals surface area contributed by atoms with E-state index >= 15 is 0 Å². The van der Waals surface area contributed by atoms with Crippen LogP contribution in [0.15, 0.2) is 12.2 Å². The van der Waals surface area contributed by atoms with Crippen molar-refractivity contribution >= 4 is 5.97 Å². The highest BCUT2D eigenvalue weighted by atomic mass is 16.4. The largest absolute Gasteiger partial charge is 0.481 e. The van der Waals surface area contributed by atoms with E-state index in [4.69, 9.17) is 5.11 Å². The van der Waals surface area contributed by atoms with Crippen LogP contribution in [0.3, 0.4) is 0 Å². The third-order valence-electron chi connectivity index (χ3n) is 2.95. The van der Waals surface area contributed by atoms with Gasteiger partial charge in [-0.1, -0.05) is 19.1 Å². The molecule has 1 fully saturated rings. The summed E-state index contributed by atoms with van der Waals surface area (Å²) in [6.07, 6.45) is 6.57. The van der Waals surface area contributed by atoms with Gasteiger partial charge in [0.25, 0.3) is 0 Å². The van der Waals surface area contributed by atoms with Crippen molar-refractivity contribution in [2.75, 3.05) is 0 Å². The molecule has 0 aliphatic heterocycles. The number of carboxylic acids is 1. The Kier molecular flexibility index (Phi) is 3.69. The van der Waals surface area contributed by atoms with Crippen molar-refractivity contribution in [1.29, 1.82) is 0 Å². The Labute approximate surface area is 84.4 Å². The maximum atomic E-state index is 11.2. The molecule has 80 valence electrons. The number of hydrogen-bond donors (Lipinski definition) is 2. The molecule has 0 radical (unpaired) electrons. The average Bonchev–Trinajstić information content (AvgIpc) is 2.17. The fourth-order valence-electron chi connectivity index (χ4n) is 1.91. The second kappa shape index (κ2) is 4.60. The fourth-order valence-corrected chi connectivity index (χ4v) is 1.91. The minimum absolute atomic E-state index is 0.308. The van der Waals surface area contributed by atoms with Crippen molar-refractivity contribution < 1.29 is 15.0 Å². The van der Waals surface area contributed by atoms with Gasteiger partial charge in [-0.25, -0.2) is 0 Å². The maximum Gasteiger partial charge on any atom is 0.313 e. The van der Waals surface area contributed by atoms with E-state index < -0.39 is 11.4 Å². The third kappa shape index (κ3) is 2.35. The van der Waals surface area contributed by atoms with Crippen molar-refractivity contribution in [1.82, 2.24) is 0 Å². The van der Waals surface area contributed by atoms with Crippen LogP contribution in [0.2, 0.25) is 0 Å². The standard InChI is InChI=1S/C11H18O3/c1-2-3-6-11(10(13)14)7-4-9(12)5-8-11/h3,6,9,12H,2,4-5,7-8H2,1H3,(H,13,14)/b6-3+. The summed E-state index contributed by atoms with van der Waals surface area (Å²) in [6, 6.07) is 0. The van der Waals surface area contributed by atoms with E-state index in [0.29, 0.717) is 25.7 Å². The molecule has 1 aliphatic carbocycles. The summed E-state index contributed by atoms with van der Waals surface area (Å²) in [4.78, 5) is 11.2. The number of allylic oxidation sites excluding steroid dienone is 1. The van der Waals surface area contributed by atoms with Crippen molar-refractivity contribution in [2.24, 2.45) is 5.41 Å². The molecule has 1 aliphatic rings. The lowest BCUT2D eigenvalue weighted by Crippen LogP contribution is -2.35. The van der Waals surface area contributed by atoms with Crippen molar-refractivity contribution in [3.63, 3.8) is 0 Å². The lowest BCUT2D eigenvalue weighted by atomic mass is 9.73. The zero-order chi connectivity index (χ0) is 10.6. The third-order valence-corrected chi connectivity index (χ3v) is 2.95. The van der Waals surface area contributed by atoms with Gasteiger partial charge in [0.15, 0.2) is 0 Å². The number of hydrogen-bond acceptors (Lipinski definition) is 2. The summed E-state index contributed by atoms with van der Waals surface area (Å²) >= 11 is 0. The van der Waals surface area contributed by atoms with E-state index in [1.165, 1.54) is 0 Å². The Morgan fingerprint density at radius 1 is 1.50 bits per heavy atom. The lowest BCUT2D eigenvalue weighted by Gasteiger charge is -2.32. The minimum Gasteiger partial charge on any atom is -0.481 e. The molecule has 14 heavy (non-hydrogen) atoms. The molecule has 0 aromatic heterocycles. The Morgan fingerprint density at radius 2 is 2.07 bits per heavy atom. The number of aliphatic carboxylic acids is 1. The van der Waals surface area contributed by atoms with Gasteiger partial charge in [-0.3, -0.25) is 4.79 Å². The minimum atomic E-state index is -0.755. The Hall–Kier alpha value is -0.830. The number of carbonyl (C=O) groups is 1. The first-order valence-corrected chi connectivity index (χ1v) is 5.20. The highest BCUT2D eigenvalue weighted by molar-refractivity contribution is 5.77. The van der Waals surface area contributed by atoms with Gasteiger partial charge < -0.3 is 10.2 Å². The van der Waals surface area contributed by atoms with Crippen LogP contribution in [0.4, 0.5) is 0 Å². The van der Waals surface area contributed by atoms with Crippen LogP contribution in [-0.2, 0) is 4.79 Å². The van der Waals surface area contributed by atoms with Crippen molar-refractivity contribution in [3.05, 3.63) is 12.2 Å². The van der Waals surface area contributed by atoms with Crippen LogP contribution in [0.1, 0.15) is 39.0 Å². The molecule has 3 nitrogen and oxygen atoms in total. The van der Waals surface area contributed by atoms with Crippen LogP contribution >= 0.6 is 0 Å². The van der Waals surface area contributed by atoms with Crippen molar-refractivity contribution in [2.45, 2.75) is 45.1 Å². The molecule has 1 saturated carbocycles. The molecule has 0 aromatic rings. The lowest BCUT2D eigenvalue weighted by molar-refractivity contribution is -0.148. The quantitative estimate of drug-likeness (QED) is 0.681. The Bertz CT molecular complexity index is 225. The predicted molar refractivity (Wildman–Crippen MR) is 54.0 cm³/mol. The summed E-state index contributed by atoms with van der Waals surface area (Å²) in [6.45, 7) is 1.99. The molecule has 0 atom stereocenters. The highest BCUT2D eigenvalue weighted by Crippen LogP contribution is 2.38. The Morgan fingerprint density at radius 3 is 2.50 bits per heavy atom. The monoisotopic (exact) mass is 198 g/mol. The molecule has 0 saturated heterocycles. The topological polar surface area (TPSA) is 57.5 Å². The van der Waals surface area contributed by atoms with Gasteiger partial charge >= 0.3 is 5.97 Å². The van der Waals surface area contributed by atoms with Crippen molar-refractivity contribution in [3.8, 4) is 0 Å². The average molecular weight is 198 g/mol. The number of aliphatic hydroxyl groups is 1. The maximum absolute atomic E-state index is 11.2. The van der Waals surface area contributed by atoms with Crippen LogP contribution < -0.4 is 0 Å². The van der Waals surface area contributed by atoms with E-state index in [1.54, 1.807) is 6.08 Å². The fraction of sp³-hybridized carbons (Fsp3) is 0.727. The molecule has 0 unspecified atom stereocenters. The van der Waals surface area contributed by atoms with Crippen LogP contribution in [0, 0.1) is 5.41 Å². The van der Waals surface area contributed by atoms with Gasteiger partial charge in [-0.15, -0.1) is 0 Å². The van der Waals surface area contributed by atoms with Gasteiger partial charge in [0.1, 0.15) is 0 Å². The summed E-state index contributed by atoms with van der Waals surface area (Å²) < 4.78 is 0. The summed E-state index contributed by atoms with van der Waals surface area (Å²) in [7, 11) is 0. The van der Waals surface area contributed by atoms with E-state index in [-0.39, 0.29) is 6.10 Å². The van der Waals surface area contributed by atoms with Gasteiger partial charge in [-0.2, -0.15) is 0 Å². The number of aliphatic hydroxyl groups excluding tert-OH is 1. The Balaban J connectivity index is 2.73. The second-order valence-corrected chi connectivity index (χ2v) is 4.00. The van der Waals surface area contributed by atoms with E-state index in [2.05, 4.69) is 0 Å². The van der Waals surface area contributed by atoms with Gasteiger partial charge in [0, 0.05) is 0 Å². The number of rotatable bonds is 3. The molecule has 2 N–H and O–H groups in total. The first kappa shape index (κ1) is 11.2. The molecule has 0 amide bonds. The SMILES string of the molecule is CC/C=C/C1(C(=O)O)CCC(O)CC1. The van der Waals surface area contributed by atoms with Crippen LogP contribution in [0.25, 0.3) is 0 Å². The second-order valence-electron chi connectivity index (χ2n) is 4.00. The highest BCUT2D eigenvalue weighted by Gasteiger charge is 2.39. The summed E-state index contributed by atoms with van der Waals surface area (Å²) in [5, 5.41) is 18.5. The molecule has 3 heteroatoms. The zero-order valence-electron chi connectivity index (χ0n) is 8.57. The molecule has 0 bridgehead atoms. The van der Waals surface area contributed by atoms with Crippen LogP contribution in [-0.4, -0.2) is 22.3 Å². The molecular formula is C11H18O3. The zero-order valence-corrected chi connectivity index (χ0v) is 8.57. The normalized spacial score (nSPS) is 33.4. The van der Waals surface area contributed by atoms with E-state index in [9.17, 15) is 9.90 Å². The summed E-state index contributed by atoms with van der Waals surface area (Å²) in [5.41, 5.74) is -0.713. The van der Waals surface area contributed by atoms with Gasteiger partial charge in [0.05, 0.1) is 11.5 Å². The molecule has 1 rings (SSSR count). The van der Waals surface area contributed by atoms with E-state index in [1.807, 2.05) is 13.0 Å². The van der Waals surface area contributed by atoms with Gasteiger partial charge in [-0.05, 0) is 32.1 Å². The first-order chi connectivity index (χ1) is 6.60. The van der Waals surface area contributed by atoms with Crippen LogP contribution in [0.5, 0.6) is 0 Å².